The number of rotatable bonds is 32. The number of hydrogen-bond acceptors (Lipinski definition) is 13. The summed E-state index contributed by atoms with van der Waals surface area (Å²) in [5, 5.41) is 23.8. The Balaban J connectivity index is 1.21. The number of urea groups is 1. The number of aliphatic carboxylic acids is 2. The third kappa shape index (κ3) is 19.6. The number of carboxylic acids is 2. The molecule has 1 unspecified atom stereocenters. The van der Waals surface area contributed by atoms with Crippen LogP contribution in [0.5, 0.6) is 5.75 Å². The number of anilines is 1. The number of carbonyl (C=O) groups is 5. The number of allylic oxidation sites excluding steroid dienone is 7. The average Bonchev–Trinajstić information content (AvgIpc) is 1.61. The monoisotopic (exact) mass is 1380 g/mol. The highest BCUT2D eigenvalue weighted by Crippen LogP contribution is 2.51. The molecule has 7 N–H and O–H groups in total. The Kier molecular flexibility index (Phi) is 24.1. The third-order valence-corrected chi connectivity index (χ3v) is 19.6. The number of Topliss-reactive ketones (excluding diaryl/α,β-unsaturated/α-hetero) is 1. The molecule has 3 atom stereocenters. The third-order valence-electron chi connectivity index (χ3n) is 16.6. The van der Waals surface area contributed by atoms with Gasteiger partial charge in [-0.2, -0.15) is 29.8 Å². The van der Waals surface area contributed by atoms with E-state index >= 15 is 0 Å². The van der Waals surface area contributed by atoms with Gasteiger partial charge in [0.2, 0.25) is 11.6 Å². The van der Waals surface area contributed by atoms with Crippen LogP contribution in [0.3, 0.4) is 0 Å². The molecule has 26 heteroatoms. The van der Waals surface area contributed by atoms with E-state index in [1.165, 1.54) is 31.2 Å². The van der Waals surface area contributed by atoms with Gasteiger partial charge in [0.05, 0.1) is 27.9 Å². The van der Waals surface area contributed by atoms with Crippen molar-refractivity contribution in [2.75, 3.05) is 36.0 Å². The van der Waals surface area contributed by atoms with Crippen LogP contribution in [-0.2, 0) is 66.9 Å². The van der Waals surface area contributed by atoms with E-state index < -0.39 is 88.5 Å². The predicted octanol–water partition coefficient (Wildman–Crippen LogP) is 10.2. The number of ether oxygens (including phenoxy) is 1. The Hall–Kier alpha value is -7.33. The summed E-state index contributed by atoms with van der Waals surface area (Å²) >= 11 is 3.47. The molecule has 2 aliphatic heterocycles. The molecular weight excluding hydrogens is 1300 g/mol. The Morgan fingerprint density at radius 2 is 1.38 bits per heavy atom. The van der Waals surface area contributed by atoms with Crippen LogP contribution in [0.25, 0.3) is 0 Å². The standard InChI is InChI=1S/C65H78BrN5O17S3/c1-44(72)53(33-36-60(74)75)67-63(78)68-54(62(76)77)19-9-10-38-69(43-45-23-27-48(66)28-24-45)59(73)22-12-37-65(4)52-18-6-8-21-56(52)71(40-14-42-90(82,83)84)58(65)35-26-47-16-11-15-46(61(47)88-49-29-31-50(32-30-49)91(85,86)87)25-34-57-64(2,3)51-17-5-7-20-55(51)70(57)39-13-41-89(79,80)81/h5-8,17-18,20-21,23-32,34-35,53-54H,9-16,19,22,33,36-43H2,1-4H3,(H6-,67,68,74,75,76,77,78,79,80,81,82,83,84,85,86,87)/p+1/t53-,54-,65?/m1/s1. The molecule has 1 aliphatic carbocycles. The van der Waals surface area contributed by atoms with Crippen LogP contribution in [-0.4, -0.2) is 137 Å². The highest BCUT2D eigenvalue weighted by molar-refractivity contribution is 9.10. The molecule has 0 spiro atoms. The average molecular weight is 1380 g/mol. The number of carboxylic acid groups (broad SMARTS) is 2. The lowest BCUT2D eigenvalue weighted by molar-refractivity contribution is -0.437. The predicted molar refractivity (Wildman–Crippen MR) is 347 cm³/mol. The van der Waals surface area contributed by atoms with E-state index in [-0.39, 0.29) is 87.7 Å². The van der Waals surface area contributed by atoms with Crippen LogP contribution < -0.4 is 20.3 Å². The second-order valence-electron chi connectivity index (χ2n) is 23.7. The highest BCUT2D eigenvalue weighted by Gasteiger charge is 2.45. The molecule has 490 valence electrons. The second kappa shape index (κ2) is 30.9. The fraction of sp³-hybridized carbons (Fsp3) is 0.415. The summed E-state index contributed by atoms with van der Waals surface area (Å²) in [7, 11) is -13.1. The van der Waals surface area contributed by atoms with Crippen LogP contribution in [0, 0.1) is 0 Å². The van der Waals surface area contributed by atoms with Gasteiger partial charge in [-0.1, -0.05) is 70.5 Å². The van der Waals surface area contributed by atoms with Crippen molar-refractivity contribution >= 4 is 93.0 Å². The molecular formula is C65H79BrN5O17S3+. The number of fused-ring (bicyclic) bond motifs is 2. The van der Waals surface area contributed by atoms with Crippen LogP contribution >= 0.6 is 15.9 Å². The summed E-state index contributed by atoms with van der Waals surface area (Å²) in [6.07, 6.45) is 10.7. The van der Waals surface area contributed by atoms with E-state index in [1.54, 1.807) is 4.90 Å². The van der Waals surface area contributed by atoms with E-state index in [1.807, 2.05) is 107 Å². The molecule has 0 saturated carbocycles. The van der Waals surface area contributed by atoms with Crippen molar-refractivity contribution in [1.29, 1.82) is 0 Å². The fourth-order valence-corrected chi connectivity index (χ4v) is 13.7. The smallest absolute Gasteiger partial charge is 0.326 e. The summed E-state index contributed by atoms with van der Waals surface area (Å²) in [4.78, 5) is 66.4. The lowest BCUT2D eigenvalue weighted by Crippen LogP contribution is -2.50. The first-order valence-electron chi connectivity index (χ1n) is 30.0. The number of benzene rings is 4. The van der Waals surface area contributed by atoms with Gasteiger partial charge in [-0.05, 0) is 169 Å². The van der Waals surface area contributed by atoms with Gasteiger partial charge >= 0.3 is 18.0 Å². The molecule has 0 saturated heterocycles. The molecule has 4 aromatic rings. The molecule has 22 nitrogen and oxygen atoms in total. The van der Waals surface area contributed by atoms with Crippen molar-refractivity contribution in [1.82, 2.24) is 15.5 Å². The van der Waals surface area contributed by atoms with Gasteiger partial charge in [0, 0.05) is 77.9 Å². The zero-order valence-electron chi connectivity index (χ0n) is 51.2. The van der Waals surface area contributed by atoms with Crippen LogP contribution in [0.1, 0.15) is 128 Å². The number of amides is 3. The van der Waals surface area contributed by atoms with E-state index in [4.69, 9.17) is 9.84 Å². The minimum absolute atomic E-state index is 0.0197. The van der Waals surface area contributed by atoms with Crippen molar-refractivity contribution in [3.63, 3.8) is 0 Å². The summed E-state index contributed by atoms with van der Waals surface area (Å²) in [6, 6.07) is 24.9. The van der Waals surface area contributed by atoms with Gasteiger partial charge in [-0.25, -0.2) is 9.59 Å². The zero-order chi connectivity index (χ0) is 66.5. The van der Waals surface area contributed by atoms with Gasteiger partial charge < -0.3 is 35.4 Å². The van der Waals surface area contributed by atoms with Gasteiger partial charge in [0.25, 0.3) is 30.4 Å². The summed E-state index contributed by atoms with van der Waals surface area (Å²) in [6.45, 7) is 8.33. The minimum atomic E-state index is -4.54. The van der Waals surface area contributed by atoms with Gasteiger partial charge in [-0.3, -0.25) is 28.0 Å². The molecule has 7 rings (SSSR count). The number of carbonyl (C=O) groups excluding carboxylic acids is 3. The zero-order valence-corrected chi connectivity index (χ0v) is 55.3. The number of nitrogens with one attached hydrogen (secondary N) is 2. The number of ketones is 1. The number of hydrogen-bond donors (Lipinski definition) is 7. The van der Waals surface area contributed by atoms with Crippen molar-refractivity contribution in [3.05, 3.63) is 165 Å². The summed E-state index contributed by atoms with van der Waals surface area (Å²) < 4.78 is 111. The Labute approximate surface area is 540 Å². The van der Waals surface area contributed by atoms with Gasteiger partial charge in [-0.15, -0.1) is 0 Å². The van der Waals surface area contributed by atoms with Crippen molar-refractivity contribution in [2.24, 2.45) is 0 Å². The molecule has 0 bridgehead atoms. The summed E-state index contributed by atoms with van der Waals surface area (Å²) in [5.41, 5.74) is 6.27. The molecule has 0 radical (unpaired) electrons. The van der Waals surface area contributed by atoms with Crippen LogP contribution in [0.4, 0.5) is 16.2 Å². The number of halogens is 1. The van der Waals surface area contributed by atoms with Crippen molar-refractivity contribution in [3.8, 4) is 5.75 Å². The molecule has 2 heterocycles. The number of unbranched alkanes of at least 4 members (excludes halogenated alkanes) is 1. The van der Waals surface area contributed by atoms with Crippen molar-refractivity contribution in [2.45, 2.75) is 146 Å². The fourth-order valence-electron chi connectivity index (χ4n) is 12.0. The molecule has 4 aromatic carbocycles. The Bertz CT molecular complexity index is 3880. The van der Waals surface area contributed by atoms with E-state index in [9.17, 15) is 68.0 Å². The molecule has 3 aliphatic rings. The lowest BCUT2D eigenvalue weighted by Gasteiger charge is -2.31. The molecule has 0 fully saturated rings. The molecule has 0 aromatic heterocycles. The van der Waals surface area contributed by atoms with Gasteiger partial charge in [0.1, 0.15) is 24.1 Å². The molecule has 3 amide bonds. The maximum absolute atomic E-state index is 14.6. The number of para-hydroxylation sites is 2. The Morgan fingerprint density at radius 3 is 2.03 bits per heavy atom. The highest BCUT2D eigenvalue weighted by atomic mass is 79.9. The normalized spacial score (nSPS) is 18.1. The summed E-state index contributed by atoms with van der Waals surface area (Å²) in [5.74, 6) is -3.36. The van der Waals surface area contributed by atoms with Crippen LogP contribution in [0.2, 0.25) is 0 Å². The lowest BCUT2D eigenvalue weighted by atomic mass is 9.77. The number of nitrogens with zero attached hydrogens (tertiary/aromatic N) is 3. The maximum Gasteiger partial charge on any atom is 0.326 e. The van der Waals surface area contributed by atoms with Crippen LogP contribution in [0.15, 0.2) is 153 Å². The van der Waals surface area contributed by atoms with Crippen molar-refractivity contribution < 1.29 is 82.4 Å². The molecule has 91 heavy (non-hydrogen) atoms. The SMILES string of the molecule is CC(=O)[C@@H](CCC(=O)O)NC(=O)N[C@H](CCCCN(Cc1ccc(Br)cc1)C(=O)CCCC1(C)/C(=C\C=C2/CCCC(/C=C/C3=[N+](CCCS(=O)(=O)O)c4ccccc4C3(C)C)=C2Oc2ccc(S(=O)(=O)O)cc2)N(CCCS(=O)(=O)O)c2ccccc21)C(=O)O. The first-order valence-corrected chi connectivity index (χ1v) is 35.4. The van der Waals surface area contributed by atoms with Gasteiger partial charge in [0.15, 0.2) is 11.5 Å². The maximum atomic E-state index is 14.6. The van der Waals surface area contributed by atoms with E-state index in [0.29, 0.717) is 44.3 Å². The minimum Gasteiger partial charge on any atom is -0.481 e. The topological polar surface area (TPSA) is 332 Å². The Morgan fingerprint density at radius 1 is 0.736 bits per heavy atom. The quantitative estimate of drug-likeness (QED) is 0.0136. The first-order chi connectivity index (χ1) is 42.8. The largest absolute Gasteiger partial charge is 0.481 e. The first kappa shape index (κ1) is 71.1. The van der Waals surface area contributed by atoms with E-state index in [2.05, 4.69) is 47.3 Å². The second-order valence-corrected chi connectivity index (χ2v) is 29.2. The van der Waals surface area contributed by atoms with E-state index in [0.717, 1.165) is 55.1 Å².